The number of rotatable bonds is 3. The quantitative estimate of drug-likeness (QED) is 0.840. The molecule has 0 aromatic heterocycles. The number of halogens is 1. The van der Waals surface area contributed by atoms with Crippen molar-refractivity contribution in [3.05, 3.63) is 48.3 Å². The molecule has 5 nitrogen and oxygen atoms in total. The van der Waals surface area contributed by atoms with Crippen LogP contribution >= 0.6 is 0 Å². The SMILES string of the molecule is Nc1ccc(S(N)(=O)=O)cc1Oc1ccccc1F. The summed E-state index contributed by atoms with van der Waals surface area (Å²) in [5, 5.41) is 5.00. The van der Waals surface area contributed by atoms with Gasteiger partial charge in [0.15, 0.2) is 17.3 Å². The van der Waals surface area contributed by atoms with E-state index in [0.717, 1.165) is 6.07 Å². The lowest BCUT2D eigenvalue weighted by atomic mass is 10.3. The fraction of sp³-hybridized carbons (Fsp3) is 0. The maximum Gasteiger partial charge on any atom is 0.238 e. The minimum absolute atomic E-state index is 0.0247. The molecule has 0 heterocycles. The van der Waals surface area contributed by atoms with Gasteiger partial charge in [-0.05, 0) is 24.3 Å². The average Bonchev–Trinajstić information content (AvgIpc) is 2.33. The van der Waals surface area contributed by atoms with Gasteiger partial charge >= 0.3 is 0 Å². The summed E-state index contributed by atoms with van der Waals surface area (Å²) in [5.41, 5.74) is 5.82. The Labute approximate surface area is 109 Å². The van der Waals surface area contributed by atoms with Gasteiger partial charge in [0.1, 0.15) is 0 Å². The van der Waals surface area contributed by atoms with Crippen LogP contribution in [0.5, 0.6) is 11.5 Å². The van der Waals surface area contributed by atoms with Gasteiger partial charge in [0.05, 0.1) is 10.6 Å². The summed E-state index contributed by atoms with van der Waals surface area (Å²) in [5.74, 6) is -0.611. The summed E-state index contributed by atoms with van der Waals surface area (Å²) >= 11 is 0. The normalized spacial score (nSPS) is 11.3. The molecular weight excluding hydrogens is 271 g/mol. The van der Waals surface area contributed by atoms with Gasteiger partial charge in [-0.25, -0.2) is 17.9 Å². The Kier molecular flexibility index (Phi) is 3.41. The van der Waals surface area contributed by atoms with E-state index in [0.29, 0.717) is 0 Å². The van der Waals surface area contributed by atoms with Gasteiger partial charge in [0.25, 0.3) is 0 Å². The minimum Gasteiger partial charge on any atom is -0.452 e. The number of hydrogen-bond acceptors (Lipinski definition) is 4. The fourth-order valence-electron chi connectivity index (χ4n) is 1.43. The van der Waals surface area contributed by atoms with E-state index in [9.17, 15) is 12.8 Å². The molecule has 0 spiro atoms. The first-order chi connectivity index (χ1) is 8.88. The highest BCUT2D eigenvalue weighted by Crippen LogP contribution is 2.30. The molecule has 19 heavy (non-hydrogen) atoms. The van der Waals surface area contributed by atoms with Gasteiger partial charge in [-0.2, -0.15) is 0 Å². The van der Waals surface area contributed by atoms with Crippen molar-refractivity contribution in [2.45, 2.75) is 4.90 Å². The number of sulfonamides is 1. The van der Waals surface area contributed by atoms with Crippen LogP contribution in [0.3, 0.4) is 0 Å². The number of primary sulfonamides is 1. The number of para-hydroxylation sites is 1. The van der Waals surface area contributed by atoms with Crippen molar-refractivity contribution in [3.63, 3.8) is 0 Å². The predicted octanol–water partition coefficient (Wildman–Crippen LogP) is 1.85. The fourth-order valence-corrected chi connectivity index (χ4v) is 1.96. The van der Waals surface area contributed by atoms with Gasteiger partial charge < -0.3 is 10.5 Å². The summed E-state index contributed by atoms with van der Waals surface area (Å²) in [4.78, 5) is -0.159. The van der Waals surface area contributed by atoms with Crippen molar-refractivity contribution < 1.29 is 17.5 Å². The van der Waals surface area contributed by atoms with Crippen molar-refractivity contribution in [1.82, 2.24) is 0 Å². The summed E-state index contributed by atoms with van der Waals surface area (Å²) in [6, 6.07) is 9.43. The van der Waals surface area contributed by atoms with Crippen molar-refractivity contribution >= 4 is 15.7 Å². The number of anilines is 1. The van der Waals surface area contributed by atoms with E-state index in [-0.39, 0.29) is 22.1 Å². The van der Waals surface area contributed by atoms with Crippen LogP contribution in [-0.4, -0.2) is 8.42 Å². The topological polar surface area (TPSA) is 95.4 Å². The predicted molar refractivity (Wildman–Crippen MR) is 68.7 cm³/mol. The number of benzene rings is 2. The summed E-state index contributed by atoms with van der Waals surface area (Å²) in [6.45, 7) is 0. The van der Waals surface area contributed by atoms with Crippen molar-refractivity contribution in [2.75, 3.05) is 5.73 Å². The average molecular weight is 282 g/mol. The lowest BCUT2D eigenvalue weighted by Gasteiger charge is -2.10. The number of nitrogens with two attached hydrogens (primary N) is 2. The van der Waals surface area contributed by atoms with E-state index in [1.54, 1.807) is 6.07 Å². The highest BCUT2D eigenvalue weighted by molar-refractivity contribution is 7.89. The zero-order chi connectivity index (χ0) is 14.0. The molecule has 0 fully saturated rings. The van der Waals surface area contributed by atoms with Crippen LogP contribution in [0.2, 0.25) is 0 Å². The molecule has 0 aliphatic carbocycles. The van der Waals surface area contributed by atoms with Crippen LogP contribution in [0.4, 0.5) is 10.1 Å². The smallest absolute Gasteiger partial charge is 0.238 e. The van der Waals surface area contributed by atoms with Crippen molar-refractivity contribution in [2.24, 2.45) is 5.14 Å². The Morgan fingerprint density at radius 1 is 1.05 bits per heavy atom. The number of nitrogen functional groups attached to an aromatic ring is 1. The zero-order valence-corrected chi connectivity index (χ0v) is 10.5. The molecule has 0 unspecified atom stereocenters. The summed E-state index contributed by atoms with van der Waals surface area (Å²) < 4.78 is 41.1. The maximum atomic E-state index is 13.4. The molecule has 0 radical (unpaired) electrons. The largest absolute Gasteiger partial charge is 0.452 e. The summed E-state index contributed by atoms with van der Waals surface area (Å²) in [7, 11) is -3.87. The molecule has 100 valence electrons. The molecule has 4 N–H and O–H groups in total. The number of hydrogen-bond donors (Lipinski definition) is 2. The van der Waals surface area contributed by atoms with E-state index < -0.39 is 15.8 Å². The van der Waals surface area contributed by atoms with Gasteiger partial charge in [-0.1, -0.05) is 12.1 Å². The highest BCUT2D eigenvalue weighted by Gasteiger charge is 2.13. The van der Waals surface area contributed by atoms with E-state index >= 15 is 0 Å². The maximum absolute atomic E-state index is 13.4. The Bertz CT molecular complexity index is 717. The van der Waals surface area contributed by atoms with Crippen molar-refractivity contribution in [1.29, 1.82) is 0 Å². The van der Waals surface area contributed by atoms with Crippen LogP contribution in [0.15, 0.2) is 47.4 Å². The van der Waals surface area contributed by atoms with E-state index in [2.05, 4.69) is 0 Å². The van der Waals surface area contributed by atoms with Crippen molar-refractivity contribution in [3.8, 4) is 11.5 Å². The third-order valence-electron chi connectivity index (χ3n) is 2.37. The Morgan fingerprint density at radius 3 is 2.37 bits per heavy atom. The monoisotopic (exact) mass is 282 g/mol. The van der Waals surface area contributed by atoms with Crippen LogP contribution in [0.25, 0.3) is 0 Å². The Hall–Kier alpha value is -2.12. The molecule has 0 saturated heterocycles. The molecule has 7 heteroatoms. The van der Waals surface area contributed by atoms with Gasteiger partial charge in [-0.3, -0.25) is 0 Å². The van der Waals surface area contributed by atoms with Gasteiger partial charge in [0.2, 0.25) is 10.0 Å². The van der Waals surface area contributed by atoms with E-state index in [1.165, 1.54) is 30.3 Å². The van der Waals surface area contributed by atoms with Gasteiger partial charge in [0, 0.05) is 6.07 Å². The summed E-state index contributed by atoms with van der Waals surface area (Å²) in [6.07, 6.45) is 0. The standard InChI is InChI=1S/C12H11FN2O3S/c13-9-3-1-2-4-11(9)18-12-7-8(19(15,16)17)5-6-10(12)14/h1-7H,14H2,(H2,15,16,17). The Morgan fingerprint density at radius 2 is 1.74 bits per heavy atom. The molecule has 2 aromatic rings. The molecule has 0 amide bonds. The van der Waals surface area contributed by atoms with E-state index in [1.807, 2.05) is 0 Å². The minimum atomic E-state index is -3.87. The molecule has 0 atom stereocenters. The molecule has 0 aliphatic rings. The van der Waals surface area contributed by atoms with Crippen LogP contribution in [-0.2, 0) is 10.0 Å². The van der Waals surface area contributed by atoms with E-state index in [4.69, 9.17) is 15.6 Å². The first-order valence-corrected chi connectivity index (χ1v) is 6.77. The second-order valence-electron chi connectivity index (χ2n) is 3.78. The Balaban J connectivity index is 2.43. The lowest BCUT2D eigenvalue weighted by Crippen LogP contribution is -2.12. The molecule has 0 aliphatic heterocycles. The van der Waals surface area contributed by atoms with Crippen LogP contribution in [0.1, 0.15) is 0 Å². The third-order valence-corrected chi connectivity index (χ3v) is 3.28. The second-order valence-corrected chi connectivity index (χ2v) is 5.34. The number of ether oxygens (including phenoxy) is 1. The third kappa shape index (κ3) is 3.01. The van der Waals surface area contributed by atoms with Gasteiger partial charge in [-0.15, -0.1) is 0 Å². The second kappa shape index (κ2) is 4.87. The molecular formula is C12H11FN2O3S. The first kappa shape index (κ1) is 13.3. The zero-order valence-electron chi connectivity index (χ0n) is 9.71. The molecule has 2 rings (SSSR count). The first-order valence-electron chi connectivity index (χ1n) is 5.22. The highest BCUT2D eigenvalue weighted by atomic mass is 32.2. The lowest BCUT2D eigenvalue weighted by molar-refractivity contribution is 0.443. The molecule has 2 aromatic carbocycles. The molecule has 0 saturated carbocycles. The van der Waals surface area contributed by atoms with Crippen LogP contribution < -0.4 is 15.6 Å². The van der Waals surface area contributed by atoms with Crippen LogP contribution in [0, 0.1) is 5.82 Å². The molecule has 0 bridgehead atoms.